The first-order chi connectivity index (χ1) is 8.88. The average Bonchev–Trinajstić information content (AvgIpc) is 2.28. The van der Waals surface area contributed by atoms with E-state index >= 15 is 0 Å². The molecular formula is C12H20N4O3. The van der Waals surface area contributed by atoms with Gasteiger partial charge in [-0.05, 0) is 27.2 Å². The van der Waals surface area contributed by atoms with Gasteiger partial charge in [-0.15, -0.1) is 0 Å². The molecule has 1 aromatic rings. The van der Waals surface area contributed by atoms with Gasteiger partial charge in [-0.1, -0.05) is 0 Å². The number of carbonyl (C=O) groups is 1. The molecule has 1 amide bonds. The van der Waals surface area contributed by atoms with Crippen LogP contribution in [-0.2, 0) is 4.74 Å². The number of aromatic amines is 1. The van der Waals surface area contributed by atoms with E-state index < -0.39 is 11.7 Å². The zero-order valence-corrected chi connectivity index (χ0v) is 11.4. The van der Waals surface area contributed by atoms with Crippen molar-refractivity contribution >= 4 is 11.9 Å². The normalized spacial score (nSPS) is 10.9. The van der Waals surface area contributed by atoms with Gasteiger partial charge in [-0.2, -0.15) is 0 Å². The molecule has 7 heteroatoms. The van der Waals surface area contributed by atoms with Crippen molar-refractivity contribution in [3.63, 3.8) is 0 Å². The minimum Gasteiger partial charge on any atom is -0.444 e. The van der Waals surface area contributed by atoms with Crippen LogP contribution in [0.3, 0.4) is 0 Å². The van der Waals surface area contributed by atoms with E-state index in [-0.39, 0.29) is 11.4 Å². The van der Waals surface area contributed by atoms with Crippen molar-refractivity contribution < 1.29 is 9.53 Å². The Balaban J connectivity index is 2.17. The number of nitrogens with zero attached hydrogens (tertiary/aromatic N) is 1. The quantitative estimate of drug-likeness (QED) is 0.695. The molecule has 1 heterocycles. The minimum atomic E-state index is -0.496. The van der Waals surface area contributed by atoms with Crippen LogP contribution in [0, 0.1) is 0 Å². The Hall–Kier alpha value is -2.05. The van der Waals surface area contributed by atoms with Crippen molar-refractivity contribution in [3.8, 4) is 0 Å². The smallest absolute Gasteiger partial charge is 0.407 e. The summed E-state index contributed by atoms with van der Waals surface area (Å²) < 4.78 is 5.08. The Morgan fingerprint density at radius 3 is 2.79 bits per heavy atom. The molecule has 106 valence electrons. The maximum Gasteiger partial charge on any atom is 0.407 e. The Bertz CT molecular complexity index is 465. The summed E-state index contributed by atoms with van der Waals surface area (Å²) >= 11 is 0. The van der Waals surface area contributed by atoms with Gasteiger partial charge in [-0.25, -0.2) is 9.78 Å². The predicted octanol–water partition coefficient (Wildman–Crippen LogP) is 1.10. The maximum absolute atomic E-state index is 11.3. The van der Waals surface area contributed by atoms with Gasteiger partial charge in [0.05, 0.1) is 0 Å². The van der Waals surface area contributed by atoms with Crippen LogP contribution in [0.2, 0.25) is 0 Å². The summed E-state index contributed by atoms with van der Waals surface area (Å²) in [5.41, 5.74) is -0.758. The van der Waals surface area contributed by atoms with E-state index in [1.807, 2.05) is 20.8 Å². The lowest BCUT2D eigenvalue weighted by Gasteiger charge is -2.19. The third kappa shape index (κ3) is 6.44. The van der Waals surface area contributed by atoms with Crippen LogP contribution in [0.4, 0.5) is 10.6 Å². The molecule has 7 nitrogen and oxygen atoms in total. The Morgan fingerprint density at radius 2 is 2.16 bits per heavy atom. The van der Waals surface area contributed by atoms with Gasteiger partial charge < -0.3 is 20.4 Å². The van der Waals surface area contributed by atoms with E-state index in [0.29, 0.717) is 19.5 Å². The van der Waals surface area contributed by atoms with E-state index in [1.165, 1.54) is 12.4 Å². The number of H-pyrrole nitrogens is 1. The number of carbonyl (C=O) groups excluding carboxylic acids is 1. The molecule has 1 rings (SSSR count). The molecule has 0 saturated carbocycles. The minimum absolute atomic E-state index is 0.261. The molecule has 0 unspecified atom stereocenters. The van der Waals surface area contributed by atoms with Crippen molar-refractivity contribution in [1.82, 2.24) is 15.3 Å². The van der Waals surface area contributed by atoms with Gasteiger partial charge in [0.25, 0.3) is 5.56 Å². The van der Waals surface area contributed by atoms with Crippen LogP contribution in [0.25, 0.3) is 0 Å². The Morgan fingerprint density at radius 1 is 1.42 bits per heavy atom. The van der Waals surface area contributed by atoms with Crippen LogP contribution in [-0.4, -0.2) is 34.8 Å². The number of aromatic nitrogens is 2. The SMILES string of the molecule is CC(C)(C)OC(=O)NCCCNc1ncc[nH]c1=O. The van der Waals surface area contributed by atoms with Crippen molar-refractivity contribution in [1.29, 1.82) is 0 Å². The lowest BCUT2D eigenvalue weighted by atomic mass is 10.2. The van der Waals surface area contributed by atoms with Crippen molar-refractivity contribution in [2.45, 2.75) is 32.8 Å². The maximum atomic E-state index is 11.3. The first-order valence-electron chi connectivity index (χ1n) is 6.13. The first-order valence-corrected chi connectivity index (χ1v) is 6.13. The molecule has 0 atom stereocenters. The van der Waals surface area contributed by atoms with Gasteiger partial charge in [0, 0.05) is 25.5 Å². The van der Waals surface area contributed by atoms with Gasteiger partial charge in [0.2, 0.25) is 0 Å². The topological polar surface area (TPSA) is 96.1 Å². The average molecular weight is 268 g/mol. The number of amides is 1. The molecule has 0 radical (unpaired) electrons. The largest absolute Gasteiger partial charge is 0.444 e. The first kappa shape index (κ1) is 15.0. The number of ether oxygens (including phenoxy) is 1. The zero-order valence-electron chi connectivity index (χ0n) is 11.4. The van der Waals surface area contributed by atoms with Crippen LogP contribution in [0.5, 0.6) is 0 Å². The second-order valence-corrected chi connectivity index (χ2v) is 4.98. The molecule has 0 spiro atoms. The van der Waals surface area contributed by atoms with E-state index in [0.717, 1.165) is 0 Å². The third-order valence-electron chi connectivity index (χ3n) is 2.02. The Labute approximate surface area is 111 Å². The molecule has 0 aliphatic rings. The third-order valence-corrected chi connectivity index (χ3v) is 2.02. The Kier molecular flexibility index (Phi) is 5.35. The fourth-order valence-electron chi connectivity index (χ4n) is 1.28. The summed E-state index contributed by atoms with van der Waals surface area (Å²) in [6.45, 7) is 6.42. The number of hydrogen-bond acceptors (Lipinski definition) is 5. The summed E-state index contributed by atoms with van der Waals surface area (Å²) in [5, 5.41) is 5.52. The lowest BCUT2D eigenvalue weighted by molar-refractivity contribution is 0.0528. The highest BCUT2D eigenvalue weighted by Gasteiger charge is 2.15. The van der Waals surface area contributed by atoms with Crippen molar-refractivity contribution in [2.75, 3.05) is 18.4 Å². The molecule has 0 aliphatic heterocycles. The summed E-state index contributed by atoms with van der Waals surface area (Å²) in [6.07, 6.45) is 3.19. The van der Waals surface area contributed by atoms with Crippen LogP contribution in [0.15, 0.2) is 17.2 Å². The van der Waals surface area contributed by atoms with Crippen LogP contribution in [0.1, 0.15) is 27.2 Å². The van der Waals surface area contributed by atoms with E-state index in [9.17, 15) is 9.59 Å². The predicted molar refractivity (Wildman–Crippen MR) is 72.2 cm³/mol. The number of nitrogens with one attached hydrogen (secondary N) is 3. The van der Waals surface area contributed by atoms with E-state index in [4.69, 9.17) is 4.74 Å². The molecule has 3 N–H and O–H groups in total. The molecule has 0 fully saturated rings. The van der Waals surface area contributed by atoms with Gasteiger partial charge in [0.15, 0.2) is 5.82 Å². The van der Waals surface area contributed by atoms with Gasteiger partial charge >= 0.3 is 6.09 Å². The monoisotopic (exact) mass is 268 g/mol. The highest BCUT2D eigenvalue weighted by atomic mass is 16.6. The fourth-order valence-corrected chi connectivity index (χ4v) is 1.28. The highest BCUT2D eigenvalue weighted by Crippen LogP contribution is 2.06. The molecular weight excluding hydrogens is 248 g/mol. The van der Waals surface area contributed by atoms with Crippen LogP contribution >= 0.6 is 0 Å². The fraction of sp³-hybridized carbons (Fsp3) is 0.583. The summed E-state index contributed by atoms with van der Waals surface area (Å²) in [6, 6.07) is 0. The number of hydrogen-bond donors (Lipinski definition) is 3. The van der Waals surface area contributed by atoms with Crippen LogP contribution < -0.4 is 16.2 Å². The van der Waals surface area contributed by atoms with Crippen molar-refractivity contribution in [2.24, 2.45) is 0 Å². The second kappa shape index (κ2) is 6.77. The summed E-state index contributed by atoms with van der Waals surface area (Å²) in [7, 11) is 0. The van der Waals surface area contributed by atoms with E-state index in [1.54, 1.807) is 0 Å². The molecule has 0 saturated heterocycles. The summed E-state index contributed by atoms with van der Waals surface area (Å²) in [5.74, 6) is 0.278. The van der Waals surface area contributed by atoms with Gasteiger partial charge in [0.1, 0.15) is 5.60 Å². The molecule has 0 aromatic carbocycles. The molecule has 1 aromatic heterocycles. The van der Waals surface area contributed by atoms with Gasteiger partial charge in [-0.3, -0.25) is 4.79 Å². The number of rotatable bonds is 5. The molecule has 19 heavy (non-hydrogen) atoms. The molecule has 0 aliphatic carbocycles. The second-order valence-electron chi connectivity index (χ2n) is 4.98. The van der Waals surface area contributed by atoms with Crippen molar-refractivity contribution in [3.05, 3.63) is 22.7 Å². The number of anilines is 1. The highest BCUT2D eigenvalue weighted by molar-refractivity contribution is 5.67. The summed E-state index contributed by atoms with van der Waals surface area (Å²) in [4.78, 5) is 29.0. The lowest BCUT2D eigenvalue weighted by Crippen LogP contribution is -2.33. The number of alkyl carbamates (subject to hydrolysis) is 1. The standard InChI is InChI=1S/C12H20N4O3/c1-12(2,3)19-11(18)16-6-4-5-13-9-10(17)15-8-7-14-9/h7-8H,4-6H2,1-3H3,(H,13,14)(H,15,17)(H,16,18). The molecule has 0 bridgehead atoms. The van der Waals surface area contributed by atoms with E-state index in [2.05, 4.69) is 20.6 Å². The zero-order chi connectivity index (χ0) is 14.3.